The summed E-state index contributed by atoms with van der Waals surface area (Å²) in [5, 5.41) is 0.227. The minimum absolute atomic E-state index is 0.227. The van der Waals surface area contributed by atoms with E-state index in [0.29, 0.717) is 106 Å². The fraction of sp³-hybridized carbons (Fsp3) is 1.00. The Morgan fingerprint density at radius 3 is 0.969 bits per heavy atom. The maximum atomic E-state index is 6.06. The fourth-order valence-corrected chi connectivity index (χ4v) is 3.10. The van der Waals surface area contributed by atoms with Crippen LogP contribution in [-0.2, 0) is 37.6 Å². The lowest BCUT2D eigenvalue weighted by molar-refractivity contribution is -0.0211. The third-order valence-corrected chi connectivity index (χ3v) is 9.53. The van der Waals surface area contributed by atoms with E-state index >= 15 is 0 Å². The molecule has 0 atom stereocenters. The standard InChI is InChI=1S/C22H49NO8Si/c1-22(2,3)32(4,5)31-21-20-30-19-18-29-17-16-28-15-14-27-13-12-26-11-10-25-9-8-24-7-6-23/h6-21,23H2,1-5H3. The van der Waals surface area contributed by atoms with Crippen molar-refractivity contribution in [2.75, 3.05) is 106 Å². The molecule has 0 heterocycles. The van der Waals surface area contributed by atoms with Crippen LogP contribution in [0, 0.1) is 0 Å². The van der Waals surface area contributed by atoms with Gasteiger partial charge < -0.3 is 43.3 Å². The first-order chi connectivity index (χ1) is 15.3. The average molecular weight is 484 g/mol. The summed E-state index contributed by atoms with van der Waals surface area (Å²) < 4.78 is 44.0. The summed E-state index contributed by atoms with van der Waals surface area (Å²) in [7, 11) is -1.68. The molecule has 0 spiro atoms. The first-order valence-electron chi connectivity index (χ1n) is 11.7. The molecule has 2 N–H and O–H groups in total. The van der Waals surface area contributed by atoms with E-state index in [1.54, 1.807) is 0 Å². The zero-order valence-corrected chi connectivity index (χ0v) is 22.2. The highest BCUT2D eigenvalue weighted by molar-refractivity contribution is 6.74. The van der Waals surface area contributed by atoms with Gasteiger partial charge in [-0.25, -0.2) is 0 Å². The number of nitrogens with two attached hydrogens (primary N) is 1. The number of hydrogen-bond acceptors (Lipinski definition) is 9. The van der Waals surface area contributed by atoms with Gasteiger partial charge in [0.05, 0.1) is 99.1 Å². The Morgan fingerprint density at radius 1 is 0.469 bits per heavy atom. The van der Waals surface area contributed by atoms with Crippen LogP contribution in [-0.4, -0.2) is 114 Å². The lowest BCUT2D eigenvalue weighted by Gasteiger charge is -2.36. The van der Waals surface area contributed by atoms with Crippen molar-refractivity contribution in [3.8, 4) is 0 Å². The summed E-state index contributed by atoms with van der Waals surface area (Å²) in [5.41, 5.74) is 5.32. The molecular formula is C22H49NO8Si. The Labute approximate surface area is 196 Å². The van der Waals surface area contributed by atoms with Crippen LogP contribution >= 0.6 is 0 Å². The maximum Gasteiger partial charge on any atom is 0.192 e. The fourth-order valence-electron chi connectivity index (χ4n) is 2.08. The van der Waals surface area contributed by atoms with E-state index in [2.05, 4.69) is 33.9 Å². The summed E-state index contributed by atoms with van der Waals surface area (Å²) in [6.45, 7) is 20.1. The van der Waals surface area contributed by atoms with E-state index in [-0.39, 0.29) is 5.04 Å². The Kier molecular flexibility index (Phi) is 21.3. The Morgan fingerprint density at radius 2 is 0.719 bits per heavy atom. The van der Waals surface area contributed by atoms with E-state index in [1.807, 2.05) is 0 Å². The number of hydrogen-bond donors (Lipinski definition) is 1. The smallest absolute Gasteiger partial charge is 0.192 e. The predicted octanol–water partition coefficient (Wildman–Crippen LogP) is 2.08. The molecule has 9 nitrogen and oxygen atoms in total. The molecule has 0 aromatic rings. The maximum absolute atomic E-state index is 6.06. The number of rotatable bonds is 24. The molecular weight excluding hydrogens is 434 g/mol. The topological polar surface area (TPSA) is 99.9 Å². The highest BCUT2D eigenvalue weighted by Gasteiger charge is 2.36. The van der Waals surface area contributed by atoms with Gasteiger partial charge in [-0.15, -0.1) is 0 Å². The van der Waals surface area contributed by atoms with Crippen molar-refractivity contribution in [2.45, 2.75) is 38.9 Å². The lowest BCUT2D eigenvalue weighted by Crippen LogP contribution is -2.41. The SMILES string of the molecule is CC(C)(C)[Si](C)(C)OCCOCCOCCOCCOCCOCCOCCOCCN. The van der Waals surface area contributed by atoms with E-state index in [1.165, 1.54) is 0 Å². The molecule has 0 unspecified atom stereocenters. The van der Waals surface area contributed by atoms with E-state index in [9.17, 15) is 0 Å². The molecule has 10 heteroatoms. The molecule has 32 heavy (non-hydrogen) atoms. The summed E-state index contributed by atoms with van der Waals surface area (Å²) in [6.07, 6.45) is 0. The Bertz CT molecular complexity index is 397. The molecule has 0 saturated heterocycles. The van der Waals surface area contributed by atoms with Crippen LogP contribution in [0.4, 0.5) is 0 Å². The molecule has 0 radical (unpaired) electrons. The van der Waals surface area contributed by atoms with Crippen molar-refractivity contribution in [2.24, 2.45) is 5.73 Å². The first kappa shape index (κ1) is 31.9. The van der Waals surface area contributed by atoms with Gasteiger partial charge in [0.15, 0.2) is 8.32 Å². The molecule has 194 valence electrons. The molecule has 0 amide bonds. The van der Waals surface area contributed by atoms with Crippen molar-refractivity contribution >= 4 is 8.32 Å². The second kappa shape index (κ2) is 21.4. The highest BCUT2D eigenvalue weighted by Crippen LogP contribution is 2.36. The van der Waals surface area contributed by atoms with E-state index in [0.717, 1.165) is 0 Å². The average Bonchev–Trinajstić information content (AvgIpc) is 2.73. The van der Waals surface area contributed by atoms with Gasteiger partial charge in [-0.3, -0.25) is 0 Å². The Hall–Kier alpha value is -0.143. The summed E-state index contributed by atoms with van der Waals surface area (Å²) in [5.74, 6) is 0. The zero-order valence-electron chi connectivity index (χ0n) is 21.2. The van der Waals surface area contributed by atoms with Gasteiger partial charge in [0.1, 0.15) is 0 Å². The van der Waals surface area contributed by atoms with Gasteiger partial charge in [-0.1, -0.05) is 20.8 Å². The van der Waals surface area contributed by atoms with Crippen molar-refractivity contribution < 1.29 is 37.6 Å². The normalized spacial score (nSPS) is 12.6. The third kappa shape index (κ3) is 20.5. The summed E-state index contributed by atoms with van der Waals surface area (Å²) >= 11 is 0. The monoisotopic (exact) mass is 483 g/mol. The molecule has 0 saturated carbocycles. The van der Waals surface area contributed by atoms with Gasteiger partial charge in [0.2, 0.25) is 0 Å². The zero-order chi connectivity index (χ0) is 24.0. The van der Waals surface area contributed by atoms with E-state index in [4.69, 9.17) is 43.3 Å². The van der Waals surface area contributed by atoms with Crippen molar-refractivity contribution in [3.63, 3.8) is 0 Å². The predicted molar refractivity (Wildman–Crippen MR) is 128 cm³/mol. The van der Waals surface area contributed by atoms with Gasteiger partial charge >= 0.3 is 0 Å². The van der Waals surface area contributed by atoms with Crippen molar-refractivity contribution in [3.05, 3.63) is 0 Å². The molecule has 0 aliphatic rings. The molecule has 0 rings (SSSR count). The van der Waals surface area contributed by atoms with Gasteiger partial charge in [-0.05, 0) is 18.1 Å². The van der Waals surface area contributed by atoms with Crippen LogP contribution in [0.3, 0.4) is 0 Å². The molecule has 0 bridgehead atoms. The third-order valence-electron chi connectivity index (χ3n) is 4.99. The van der Waals surface area contributed by atoms with Crippen molar-refractivity contribution in [1.82, 2.24) is 0 Å². The molecule has 0 fully saturated rings. The van der Waals surface area contributed by atoms with Gasteiger partial charge in [0, 0.05) is 6.54 Å². The quantitative estimate of drug-likeness (QED) is 0.163. The van der Waals surface area contributed by atoms with Crippen LogP contribution in [0.2, 0.25) is 18.1 Å². The second-order valence-corrected chi connectivity index (χ2v) is 13.5. The largest absolute Gasteiger partial charge is 0.414 e. The van der Waals surface area contributed by atoms with Crippen LogP contribution in [0.5, 0.6) is 0 Å². The van der Waals surface area contributed by atoms with Crippen molar-refractivity contribution in [1.29, 1.82) is 0 Å². The second-order valence-electron chi connectivity index (χ2n) is 8.68. The molecule has 0 aromatic carbocycles. The molecule has 0 aliphatic carbocycles. The minimum atomic E-state index is -1.68. The summed E-state index contributed by atoms with van der Waals surface area (Å²) in [6, 6.07) is 0. The van der Waals surface area contributed by atoms with Gasteiger partial charge in [-0.2, -0.15) is 0 Å². The van der Waals surface area contributed by atoms with E-state index < -0.39 is 8.32 Å². The van der Waals surface area contributed by atoms with Gasteiger partial charge in [0.25, 0.3) is 0 Å². The van der Waals surface area contributed by atoms with Crippen LogP contribution in [0.25, 0.3) is 0 Å². The molecule has 0 aromatic heterocycles. The Balaban J connectivity index is 3.15. The minimum Gasteiger partial charge on any atom is -0.414 e. The summed E-state index contributed by atoms with van der Waals surface area (Å²) in [4.78, 5) is 0. The molecule has 0 aliphatic heterocycles. The number of ether oxygens (including phenoxy) is 7. The highest BCUT2D eigenvalue weighted by atomic mass is 28.4. The van der Waals surface area contributed by atoms with Crippen LogP contribution < -0.4 is 5.73 Å². The first-order valence-corrected chi connectivity index (χ1v) is 14.6. The van der Waals surface area contributed by atoms with Crippen LogP contribution in [0.15, 0.2) is 0 Å². The van der Waals surface area contributed by atoms with Crippen LogP contribution in [0.1, 0.15) is 20.8 Å². The lowest BCUT2D eigenvalue weighted by atomic mass is 10.2.